The molecule has 2 heterocycles. The highest BCUT2D eigenvalue weighted by Crippen LogP contribution is 2.43. The molecule has 2 amide bonds. The number of ether oxygens (including phenoxy) is 4. The zero-order valence-electron chi connectivity index (χ0n) is 29.7. The van der Waals surface area contributed by atoms with Gasteiger partial charge >= 0.3 is 12.1 Å². The molecule has 0 radical (unpaired) electrons. The summed E-state index contributed by atoms with van der Waals surface area (Å²) >= 11 is 0. The second-order valence-electron chi connectivity index (χ2n) is 15.3. The third kappa shape index (κ3) is 8.18. The molecular weight excluding hydrogens is 598 g/mol. The smallest absolute Gasteiger partial charge is 0.416 e. The SMILES string of the molecule is COc1cc(C(C)(C)C)c(OC(=O)[C@@H](C)[C@@H]2CC[C@H]([C@H](C)[C@@H](O)[C@@H](C)C(=O)N3C(=O)OC[C@@H]3Cc3ccccc3)O2)c(C(C)(C)C)c1. The molecule has 1 N–H and O–H groups in total. The summed E-state index contributed by atoms with van der Waals surface area (Å²) in [5, 5.41) is 11.3. The van der Waals surface area contributed by atoms with Crippen LogP contribution in [0.25, 0.3) is 0 Å². The van der Waals surface area contributed by atoms with E-state index in [1.54, 1.807) is 14.0 Å². The first-order chi connectivity index (χ1) is 21.9. The summed E-state index contributed by atoms with van der Waals surface area (Å²) in [6.07, 6.45) is -0.835. The Labute approximate surface area is 279 Å². The van der Waals surface area contributed by atoms with Gasteiger partial charge in [0, 0.05) is 17.0 Å². The Bertz CT molecular complexity index is 1390. The summed E-state index contributed by atoms with van der Waals surface area (Å²) in [7, 11) is 1.63. The van der Waals surface area contributed by atoms with E-state index >= 15 is 0 Å². The van der Waals surface area contributed by atoms with E-state index in [0.717, 1.165) is 21.6 Å². The number of cyclic esters (lactones) is 1. The van der Waals surface area contributed by atoms with Crippen molar-refractivity contribution in [2.24, 2.45) is 17.8 Å². The number of esters is 1. The molecule has 7 atom stereocenters. The largest absolute Gasteiger partial charge is 0.497 e. The molecule has 258 valence electrons. The molecular formula is C38H53NO8. The zero-order valence-corrected chi connectivity index (χ0v) is 29.7. The fraction of sp³-hybridized carbons (Fsp3) is 0.605. The van der Waals surface area contributed by atoms with Gasteiger partial charge < -0.3 is 24.1 Å². The van der Waals surface area contributed by atoms with Crippen molar-refractivity contribution in [1.82, 2.24) is 4.90 Å². The predicted octanol–water partition coefficient (Wildman–Crippen LogP) is 6.60. The molecule has 2 aromatic carbocycles. The highest BCUT2D eigenvalue weighted by molar-refractivity contribution is 5.95. The molecule has 2 fully saturated rings. The van der Waals surface area contributed by atoms with E-state index in [4.69, 9.17) is 18.9 Å². The molecule has 2 saturated heterocycles. The van der Waals surface area contributed by atoms with E-state index in [1.807, 2.05) is 56.3 Å². The predicted molar refractivity (Wildman–Crippen MR) is 180 cm³/mol. The van der Waals surface area contributed by atoms with Gasteiger partial charge in [-0.25, -0.2) is 9.69 Å². The van der Waals surface area contributed by atoms with E-state index in [-0.39, 0.29) is 29.5 Å². The van der Waals surface area contributed by atoms with Crippen LogP contribution in [-0.2, 0) is 36.3 Å². The second-order valence-corrected chi connectivity index (χ2v) is 15.3. The standard InChI is InChI=1S/C38H53NO8/c1-22(32(40)24(3)34(41)39-26(21-45-36(39)43)18-25-14-12-11-13-15-25)30-16-17-31(46-30)23(2)35(42)47-33-28(37(4,5)6)19-27(44-10)20-29(33)38(7,8)9/h11-15,19-20,22-24,26,30-32,40H,16-18,21H2,1-10H3/t22-,23-,24+,26-,30+,31-,32+/m0/s1. The fourth-order valence-corrected chi connectivity index (χ4v) is 6.54. The Balaban J connectivity index is 1.43. The first-order valence-electron chi connectivity index (χ1n) is 16.8. The Hall–Kier alpha value is -3.43. The Morgan fingerprint density at radius 1 is 0.957 bits per heavy atom. The molecule has 47 heavy (non-hydrogen) atoms. The Morgan fingerprint density at radius 2 is 1.53 bits per heavy atom. The van der Waals surface area contributed by atoms with Crippen molar-refractivity contribution in [2.75, 3.05) is 13.7 Å². The maximum Gasteiger partial charge on any atom is 0.416 e. The van der Waals surface area contributed by atoms with Gasteiger partial charge in [0.05, 0.1) is 43.3 Å². The minimum Gasteiger partial charge on any atom is -0.497 e. The highest BCUT2D eigenvalue weighted by atomic mass is 16.6. The van der Waals surface area contributed by atoms with Crippen LogP contribution in [0.4, 0.5) is 4.79 Å². The maximum atomic E-state index is 13.7. The minimum atomic E-state index is -1.07. The molecule has 0 bridgehead atoms. The normalized spacial score (nSPS) is 22.7. The lowest BCUT2D eigenvalue weighted by molar-refractivity contribution is -0.145. The van der Waals surface area contributed by atoms with Gasteiger partial charge in [-0.15, -0.1) is 0 Å². The van der Waals surface area contributed by atoms with Gasteiger partial charge in [0.2, 0.25) is 5.91 Å². The molecule has 0 saturated carbocycles. The van der Waals surface area contributed by atoms with Crippen molar-refractivity contribution in [2.45, 2.75) is 117 Å². The van der Waals surface area contributed by atoms with Crippen molar-refractivity contribution in [3.05, 3.63) is 59.2 Å². The van der Waals surface area contributed by atoms with Crippen LogP contribution >= 0.6 is 0 Å². The van der Waals surface area contributed by atoms with Crippen LogP contribution in [0.2, 0.25) is 0 Å². The van der Waals surface area contributed by atoms with Gasteiger partial charge in [-0.2, -0.15) is 0 Å². The summed E-state index contributed by atoms with van der Waals surface area (Å²) in [6.45, 7) is 17.9. The van der Waals surface area contributed by atoms with Crippen LogP contribution < -0.4 is 9.47 Å². The van der Waals surface area contributed by atoms with E-state index in [0.29, 0.717) is 30.8 Å². The summed E-state index contributed by atoms with van der Waals surface area (Å²) in [5.41, 5.74) is 2.14. The maximum absolute atomic E-state index is 13.7. The first kappa shape index (κ1) is 36.4. The number of methoxy groups -OCH3 is 1. The molecule has 9 nitrogen and oxygen atoms in total. The average Bonchev–Trinajstić information content (AvgIpc) is 3.65. The van der Waals surface area contributed by atoms with E-state index in [2.05, 4.69) is 41.5 Å². The van der Waals surface area contributed by atoms with Gasteiger partial charge in [-0.05, 0) is 54.7 Å². The number of amides is 2. The molecule has 0 spiro atoms. The van der Waals surface area contributed by atoms with Crippen molar-refractivity contribution in [1.29, 1.82) is 0 Å². The number of benzene rings is 2. The number of aliphatic hydroxyl groups excluding tert-OH is 1. The number of hydrogen-bond donors (Lipinski definition) is 1. The number of hydrogen-bond acceptors (Lipinski definition) is 8. The van der Waals surface area contributed by atoms with Crippen molar-refractivity contribution >= 4 is 18.0 Å². The Morgan fingerprint density at radius 3 is 2.09 bits per heavy atom. The average molecular weight is 652 g/mol. The molecule has 0 aromatic heterocycles. The van der Waals surface area contributed by atoms with Crippen LogP contribution in [0.3, 0.4) is 0 Å². The molecule has 0 unspecified atom stereocenters. The number of aliphatic hydroxyl groups is 1. The quantitative estimate of drug-likeness (QED) is 0.226. The molecule has 0 aliphatic carbocycles. The lowest BCUT2D eigenvalue weighted by atomic mass is 9.79. The molecule has 4 rings (SSSR count). The van der Waals surface area contributed by atoms with E-state index in [1.165, 1.54) is 0 Å². The monoisotopic (exact) mass is 651 g/mol. The summed E-state index contributed by atoms with van der Waals surface area (Å²) < 4.78 is 23.4. The lowest BCUT2D eigenvalue weighted by Crippen LogP contribution is -2.48. The number of nitrogens with zero attached hydrogens (tertiary/aromatic N) is 1. The number of carbonyl (C=O) groups is 3. The van der Waals surface area contributed by atoms with Crippen LogP contribution in [-0.4, -0.2) is 66.0 Å². The lowest BCUT2D eigenvalue weighted by Gasteiger charge is -2.32. The molecule has 2 aliphatic heterocycles. The van der Waals surface area contributed by atoms with Gasteiger partial charge in [-0.1, -0.05) is 85.7 Å². The number of rotatable bonds is 10. The fourth-order valence-electron chi connectivity index (χ4n) is 6.54. The highest BCUT2D eigenvalue weighted by Gasteiger charge is 2.45. The number of imide groups is 1. The summed E-state index contributed by atoms with van der Waals surface area (Å²) in [5.74, 6) is -1.43. The van der Waals surface area contributed by atoms with Crippen LogP contribution in [0, 0.1) is 17.8 Å². The second kappa shape index (κ2) is 14.4. The van der Waals surface area contributed by atoms with Gasteiger partial charge in [0.15, 0.2) is 0 Å². The molecule has 2 aliphatic rings. The third-order valence-corrected chi connectivity index (χ3v) is 9.67. The van der Waals surface area contributed by atoms with Gasteiger partial charge in [0.25, 0.3) is 0 Å². The topological polar surface area (TPSA) is 112 Å². The van der Waals surface area contributed by atoms with Gasteiger partial charge in [0.1, 0.15) is 18.1 Å². The summed E-state index contributed by atoms with van der Waals surface area (Å²) in [4.78, 5) is 41.0. The third-order valence-electron chi connectivity index (χ3n) is 9.67. The first-order valence-corrected chi connectivity index (χ1v) is 16.8. The summed E-state index contributed by atoms with van der Waals surface area (Å²) in [6, 6.07) is 13.0. The Kier molecular flexibility index (Phi) is 11.1. The van der Waals surface area contributed by atoms with Crippen LogP contribution in [0.1, 0.15) is 91.8 Å². The zero-order chi connectivity index (χ0) is 34.8. The molecule has 9 heteroatoms. The van der Waals surface area contributed by atoms with E-state index < -0.39 is 48.0 Å². The van der Waals surface area contributed by atoms with Crippen LogP contribution in [0.15, 0.2) is 42.5 Å². The van der Waals surface area contributed by atoms with Gasteiger partial charge in [-0.3, -0.25) is 9.59 Å². The minimum absolute atomic E-state index is 0.115. The molecule has 2 aromatic rings. The van der Waals surface area contributed by atoms with Crippen molar-refractivity contribution in [3.63, 3.8) is 0 Å². The van der Waals surface area contributed by atoms with E-state index in [9.17, 15) is 19.5 Å². The van der Waals surface area contributed by atoms with Crippen molar-refractivity contribution in [3.8, 4) is 11.5 Å². The number of carbonyl (C=O) groups excluding carboxylic acids is 3. The van der Waals surface area contributed by atoms with Crippen LogP contribution in [0.5, 0.6) is 11.5 Å². The van der Waals surface area contributed by atoms with Crippen molar-refractivity contribution < 1.29 is 38.4 Å².